The van der Waals surface area contributed by atoms with Crippen LogP contribution in [0.3, 0.4) is 0 Å². The van der Waals surface area contributed by atoms with Crippen LogP contribution in [0.4, 0.5) is 13.2 Å². The number of hydrogen-bond donors (Lipinski definition) is 1. The molecule has 0 bridgehead atoms. The zero-order valence-electron chi connectivity index (χ0n) is 16.9. The molecule has 0 radical (unpaired) electrons. The molecule has 0 spiro atoms. The van der Waals surface area contributed by atoms with Crippen LogP contribution in [0.2, 0.25) is 0 Å². The number of carbonyl (C=O) groups is 2. The van der Waals surface area contributed by atoms with Crippen molar-refractivity contribution in [2.24, 2.45) is 0 Å². The first-order valence-corrected chi connectivity index (χ1v) is 10.1. The number of rotatable bonds is 5. The molecule has 1 aromatic carbocycles. The molecule has 3 heterocycles. The lowest BCUT2D eigenvalue weighted by Gasteiger charge is -2.36. The lowest BCUT2D eigenvalue weighted by Crippen LogP contribution is -2.55. The maximum atomic E-state index is 12.7. The van der Waals surface area contributed by atoms with Gasteiger partial charge in [0.25, 0.3) is 11.8 Å². The van der Waals surface area contributed by atoms with E-state index in [-0.39, 0.29) is 29.9 Å². The first-order valence-electron chi connectivity index (χ1n) is 10.1. The number of benzene rings is 1. The molecule has 2 amide bonds. The molecule has 9 nitrogen and oxygen atoms in total. The van der Waals surface area contributed by atoms with Crippen molar-refractivity contribution >= 4 is 11.8 Å². The fourth-order valence-electron chi connectivity index (χ4n) is 3.61. The summed E-state index contributed by atoms with van der Waals surface area (Å²) in [7, 11) is 0. The Bertz CT molecular complexity index is 957. The van der Waals surface area contributed by atoms with Crippen LogP contribution in [0.25, 0.3) is 11.4 Å². The monoisotopic (exact) mass is 454 g/mol. The second-order valence-electron chi connectivity index (χ2n) is 7.47. The number of nitrogens with one attached hydrogen (secondary N) is 1. The van der Waals surface area contributed by atoms with Crippen LogP contribution < -0.4 is 5.32 Å². The van der Waals surface area contributed by atoms with E-state index in [1.54, 1.807) is 4.90 Å². The van der Waals surface area contributed by atoms with Crippen LogP contribution in [0.15, 0.2) is 28.8 Å². The molecule has 2 aliphatic rings. The van der Waals surface area contributed by atoms with E-state index in [1.165, 1.54) is 24.3 Å². The molecule has 1 aromatic heterocycles. The molecule has 2 aliphatic heterocycles. The third-order valence-corrected chi connectivity index (χ3v) is 5.29. The van der Waals surface area contributed by atoms with Crippen molar-refractivity contribution in [1.29, 1.82) is 0 Å². The number of morpholine rings is 1. The maximum absolute atomic E-state index is 12.7. The minimum absolute atomic E-state index is 0.0901. The molecule has 1 N–H and O–H groups in total. The summed E-state index contributed by atoms with van der Waals surface area (Å²) in [6.45, 7) is 1.92. The summed E-state index contributed by atoms with van der Waals surface area (Å²) in [5, 5.41) is 6.09. The van der Waals surface area contributed by atoms with E-state index in [9.17, 15) is 22.8 Å². The third-order valence-electron chi connectivity index (χ3n) is 5.29. The quantitative estimate of drug-likeness (QED) is 0.735. The number of ether oxygens (including phenoxy) is 2. The normalized spacial score (nSPS) is 21.5. The molecule has 2 fully saturated rings. The number of carbonyl (C=O) groups excluding carboxylic acids is 2. The van der Waals surface area contributed by atoms with Crippen molar-refractivity contribution in [2.75, 3.05) is 32.9 Å². The van der Waals surface area contributed by atoms with Gasteiger partial charge in [-0.3, -0.25) is 9.59 Å². The highest BCUT2D eigenvalue weighted by Crippen LogP contribution is 2.29. The average molecular weight is 454 g/mol. The molecule has 0 aliphatic carbocycles. The summed E-state index contributed by atoms with van der Waals surface area (Å²) < 4.78 is 53.0. The standard InChI is InChI=1S/C20H21F3N4O5/c21-20(22,23)19-25-16(26-32-19)12-3-5-13(6-4-12)17(28)24-10-14-11-30-9-7-27(14)18(29)15-2-1-8-31-15/h3-6,14-15H,1-2,7-11H2,(H,24,28)/t14-,15?/m0/s1. The third kappa shape index (κ3) is 4.91. The minimum Gasteiger partial charge on any atom is -0.377 e. The summed E-state index contributed by atoms with van der Waals surface area (Å²) >= 11 is 0. The summed E-state index contributed by atoms with van der Waals surface area (Å²) in [6, 6.07) is 5.43. The molecular weight excluding hydrogens is 433 g/mol. The second-order valence-corrected chi connectivity index (χ2v) is 7.47. The van der Waals surface area contributed by atoms with E-state index in [1.807, 2.05) is 0 Å². The van der Waals surface area contributed by atoms with Gasteiger partial charge in [-0.25, -0.2) is 0 Å². The van der Waals surface area contributed by atoms with E-state index in [0.29, 0.717) is 38.3 Å². The molecule has 2 atom stereocenters. The van der Waals surface area contributed by atoms with Crippen LogP contribution in [-0.2, 0) is 20.4 Å². The fourth-order valence-corrected chi connectivity index (χ4v) is 3.61. The zero-order valence-corrected chi connectivity index (χ0v) is 16.9. The number of nitrogens with zero attached hydrogens (tertiary/aromatic N) is 3. The summed E-state index contributed by atoms with van der Waals surface area (Å²) in [6.07, 6.45) is -3.64. The van der Waals surface area contributed by atoms with E-state index in [0.717, 1.165) is 6.42 Å². The van der Waals surface area contributed by atoms with Gasteiger partial charge < -0.3 is 24.2 Å². The average Bonchev–Trinajstić information content (AvgIpc) is 3.50. The molecule has 4 rings (SSSR count). The Labute approximate surface area is 180 Å². The van der Waals surface area contributed by atoms with Crippen LogP contribution in [-0.4, -0.2) is 71.9 Å². The molecule has 32 heavy (non-hydrogen) atoms. The van der Waals surface area contributed by atoms with E-state index >= 15 is 0 Å². The molecule has 2 aromatic rings. The number of amides is 2. The van der Waals surface area contributed by atoms with Gasteiger partial charge in [0.1, 0.15) is 6.10 Å². The van der Waals surface area contributed by atoms with E-state index < -0.39 is 24.1 Å². The lowest BCUT2D eigenvalue weighted by molar-refractivity contribution is -0.159. The predicted octanol–water partition coefficient (Wildman–Crippen LogP) is 1.89. The second kappa shape index (κ2) is 9.25. The topological polar surface area (TPSA) is 107 Å². The number of alkyl halides is 3. The van der Waals surface area contributed by atoms with E-state index in [2.05, 4.69) is 20.0 Å². The predicted molar refractivity (Wildman–Crippen MR) is 102 cm³/mol. The van der Waals surface area contributed by atoms with Crippen LogP contribution in [0.1, 0.15) is 29.1 Å². The highest BCUT2D eigenvalue weighted by atomic mass is 19.4. The lowest BCUT2D eigenvalue weighted by atomic mass is 10.1. The fraction of sp³-hybridized carbons (Fsp3) is 0.500. The Morgan fingerprint density at radius 2 is 1.97 bits per heavy atom. The SMILES string of the molecule is O=C(NC[C@H]1COCCN1C(=O)C1CCCO1)c1ccc(-c2noc(C(F)(F)F)n2)cc1. The van der Waals surface area contributed by atoms with Crippen molar-refractivity contribution in [1.82, 2.24) is 20.4 Å². The Morgan fingerprint density at radius 1 is 1.19 bits per heavy atom. The van der Waals surface area contributed by atoms with Crippen molar-refractivity contribution in [3.05, 3.63) is 35.7 Å². The molecule has 12 heteroatoms. The van der Waals surface area contributed by atoms with Gasteiger partial charge in [-0.15, -0.1) is 0 Å². The van der Waals surface area contributed by atoms with Crippen molar-refractivity contribution in [3.63, 3.8) is 0 Å². The molecule has 172 valence electrons. The van der Waals surface area contributed by atoms with Crippen LogP contribution in [0, 0.1) is 0 Å². The Balaban J connectivity index is 1.36. The minimum atomic E-state index is -4.73. The Hall–Kier alpha value is -2.99. The van der Waals surface area contributed by atoms with Crippen molar-refractivity contribution < 1.29 is 36.8 Å². The largest absolute Gasteiger partial charge is 0.471 e. The highest BCUT2D eigenvalue weighted by Gasteiger charge is 2.38. The molecular formula is C20H21F3N4O5. The van der Waals surface area contributed by atoms with Crippen molar-refractivity contribution in [2.45, 2.75) is 31.2 Å². The first-order chi connectivity index (χ1) is 15.3. The maximum Gasteiger partial charge on any atom is 0.471 e. The van der Waals surface area contributed by atoms with Crippen LogP contribution >= 0.6 is 0 Å². The van der Waals surface area contributed by atoms with Gasteiger partial charge in [-0.05, 0) is 25.0 Å². The number of halogens is 3. The summed E-state index contributed by atoms with van der Waals surface area (Å²) in [5.41, 5.74) is 0.567. The van der Waals surface area contributed by atoms with Gasteiger partial charge in [-0.1, -0.05) is 17.3 Å². The van der Waals surface area contributed by atoms with Gasteiger partial charge in [0.2, 0.25) is 5.82 Å². The molecule has 1 unspecified atom stereocenters. The summed E-state index contributed by atoms with van der Waals surface area (Å²) in [4.78, 5) is 30.2. The van der Waals surface area contributed by atoms with Gasteiger partial charge in [0.05, 0.1) is 19.3 Å². The van der Waals surface area contributed by atoms with E-state index in [4.69, 9.17) is 9.47 Å². The van der Waals surface area contributed by atoms with Gasteiger partial charge in [0.15, 0.2) is 0 Å². The summed E-state index contributed by atoms with van der Waals surface area (Å²) in [5.74, 6) is -2.15. The number of aromatic nitrogens is 2. The zero-order chi connectivity index (χ0) is 22.7. The Morgan fingerprint density at radius 3 is 2.62 bits per heavy atom. The van der Waals surface area contributed by atoms with Gasteiger partial charge >= 0.3 is 12.1 Å². The van der Waals surface area contributed by atoms with Gasteiger partial charge in [0, 0.05) is 30.8 Å². The first kappa shape index (κ1) is 22.2. The smallest absolute Gasteiger partial charge is 0.377 e. The highest BCUT2D eigenvalue weighted by molar-refractivity contribution is 5.94. The molecule has 0 saturated carbocycles. The Kier molecular flexibility index (Phi) is 6.42. The number of hydrogen-bond acceptors (Lipinski definition) is 7. The molecule has 2 saturated heterocycles. The van der Waals surface area contributed by atoms with Crippen molar-refractivity contribution in [3.8, 4) is 11.4 Å². The van der Waals surface area contributed by atoms with Gasteiger partial charge in [-0.2, -0.15) is 18.2 Å². The van der Waals surface area contributed by atoms with Crippen LogP contribution in [0.5, 0.6) is 0 Å².